The van der Waals surface area contributed by atoms with E-state index in [-0.39, 0.29) is 114 Å². The number of rotatable bonds is 13. The first-order valence-corrected chi connectivity index (χ1v) is 20.6. The lowest BCUT2D eigenvalue weighted by molar-refractivity contribution is -0.291. The van der Waals surface area contributed by atoms with Crippen LogP contribution in [-0.4, -0.2) is 154 Å². The van der Waals surface area contributed by atoms with Gasteiger partial charge in [0, 0.05) is 29.4 Å². The highest BCUT2D eigenvalue weighted by atomic mass is 16.7. The first kappa shape index (κ1) is 49.2. The average Bonchev–Trinajstić information content (AvgIpc) is 3.38. The zero-order valence-electron chi connectivity index (χ0n) is 39.9. The van der Waals surface area contributed by atoms with E-state index in [0.717, 1.165) is 0 Å². The number of hydrogen-bond donors (Lipinski definition) is 0. The van der Waals surface area contributed by atoms with E-state index in [1.807, 2.05) is 0 Å². The van der Waals surface area contributed by atoms with Crippen molar-refractivity contribution in [1.82, 2.24) is 0 Å². The fourth-order valence-corrected chi connectivity index (χ4v) is 8.66. The first-order chi connectivity index (χ1) is 33.3. The lowest BCUT2D eigenvalue weighted by atomic mass is 9.90. The largest absolute Gasteiger partial charge is 0.493 e. The van der Waals surface area contributed by atoms with Gasteiger partial charge in [-0.3, -0.25) is 0 Å². The number of methoxy groups -OCH3 is 13. The van der Waals surface area contributed by atoms with E-state index in [0.29, 0.717) is 0 Å². The van der Waals surface area contributed by atoms with Gasteiger partial charge in [0.15, 0.2) is 70.6 Å². The van der Waals surface area contributed by atoms with Crippen LogP contribution in [0, 0.1) is 0 Å². The molecule has 0 aromatic heterocycles. The normalized spacial score (nSPS) is 19.5. The molecule has 0 spiro atoms. The molecule has 0 aliphatic carbocycles. The number of ether oxygens (including phenoxy) is 18. The summed E-state index contributed by atoms with van der Waals surface area (Å²) in [5.41, 5.74) is -1.36. The summed E-state index contributed by atoms with van der Waals surface area (Å²) in [5, 5.41) is 0. The molecule has 1 fully saturated rings. The Morgan fingerprint density at radius 1 is 0.362 bits per heavy atom. The van der Waals surface area contributed by atoms with E-state index in [1.54, 1.807) is 0 Å². The van der Waals surface area contributed by atoms with Gasteiger partial charge in [0.1, 0.15) is 12.7 Å². The van der Waals surface area contributed by atoms with Crippen molar-refractivity contribution in [3.05, 3.63) is 46.5 Å². The zero-order valence-corrected chi connectivity index (χ0v) is 39.9. The summed E-state index contributed by atoms with van der Waals surface area (Å²) in [4.78, 5) is 60.0. The first-order valence-electron chi connectivity index (χ1n) is 20.6. The van der Waals surface area contributed by atoms with Gasteiger partial charge in [0.05, 0.1) is 108 Å². The van der Waals surface area contributed by atoms with Crippen molar-refractivity contribution < 1.29 is 104 Å². The monoisotopic (exact) mass is 966 g/mol. The van der Waals surface area contributed by atoms with E-state index in [9.17, 15) is 9.59 Å². The van der Waals surface area contributed by atoms with E-state index in [4.69, 9.17) is 85.3 Å². The molecule has 3 aliphatic rings. The Bertz CT molecular complexity index is 2680. The van der Waals surface area contributed by atoms with Gasteiger partial charge in [-0.1, -0.05) is 0 Å². The molecule has 22 heteroatoms. The minimum absolute atomic E-state index is 0.0000521. The summed E-state index contributed by atoms with van der Waals surface area (Å²) in [6, 6.07) is 5.21. The van der Waals surface area contributed by atoms with Crippen LogP contribution in [0.4, 0.5) is 0 Å². The minimum Gasteiger partial charge on any atom is -0.493 e. The molecule has 7 rings (SSSR count). The second kappa shape index (κ2) is 20.2. The Balaban J connectivity index is 1.52. The molecule has 0 radical (unpaired) electrons. The van der Waals surface area contributed by atoms with Crippen LogP contribution in [0.3, 0.4) is 0 Å². The maximum absolute atomic E-state index is 15.2. The predicted octanol–water partition coefficient (Wildman–Crippen LogP) is 4.96. The second-order valence-electron chi connectivity index (χ2n) is 14.8. The highest BCUT2D eigenvalue weighted by molar-refractivity contribution is 6.10. The van der Waals surface area contributed by atoms with E-state index < -0.39 is 61.2 Å². The van der Waals surface area contributed by atoms with Gasteiger partial charge in [-0.2, -0.15) is 0 Å². The molecule has 3 aliphatic heterocycles. The van der Waals surface area contributed by atoms with Crippen LogP contribution in [0.2, 0.25) is 0 Å². The van der Waals surface area contributed by atoms with Gasteiger partial charge < -0.3 is 85.3 Å². The minimum atomic E-state index is -1.81. The highest BCUT2D eigenvalue weighted by Crippen LogP contribution is 2.57. The third-order valence-electron chi connectivity index (χ3n) is 11.6. The molecular weight excluding hydrogens is 916 g/mol. The van der Waals surface area contributed by atoms with Crippen LogP contribution in [0.15, 0.2) is 24.3 Å². The summed E-state index contributed by atoms with van der Waals surface area (Å²) in [6.07, 6.45) is -8.42. The number of carbonyl (C=O) groups is 4. The Hall–Kier alpha value is -7.72. The maximum Gasteiger partial charge on any atom is 0.339 e. The van der Waals surface area contributed by atoms with Crippen LogP contribution in [0.25, 0.3) is 22.3 Å². The second-order valence-corrected chi connectivity index (χ2v) is 14.8. The number of esters is 4. The van der Waals surface area contributed by atoms with Gasteiger partial charge in [-0.15, -0.1) is 0 Å². The lowest BCUT2D eigenvalue weighted by Crippen LogP contribution is -2.63. The van der Waals surface area contributed by atoms with Gasteiger partial charge >= 0.3 is 23.9 Å². The van der Waals surface area contributed by atoms with Gasteiger partial charge in [-0.05, 0) is 24.3 Å². The molecule has 0 N–H and O–H groups in total. The molecule has 1 saturated heterocycles. The van der Waals surface area contributed by atoms with Crippen LogP contribution in [0.1, 0.15) is 41.4 Å². The number of fused-ring (bicyclic) bond motifs is 9. The standard InChI is InChI=1S/C47H50O22/c1-52-23-14-19-28(37(60-9)32(23)56-5)29-20(15-24(53-2)33(57-6)38(29)61-10)44(49)67-36-27(18-65-43(19)48)66-47(64-13)42-41(36)68-45(50)21-16-25(54-3)34(58-7)39(62-11)30(21)31-22(46(51)69-42)17-26(55-4)35(59-8)40(31)63-12/h14-17,27,36,41-42,47H,18H2,1-13H3/t27-,36-,41+,42-,47+/m1/s1. The summed E-state index contributed by atoms with van der Waals surface area (Å²) < 4.78 is 106. The van der Waals surface area contributed by atoms with Crippen molar-refractivity contribution in [1.29, 1.82) is 0 Å². The fourth-order valence-electron chi connectivity index (χ4n) is 8.66. The van der Waals surface area contributed by atoms with Crippen LogP contribution >= 0.6 is 0 Å². The molecule has 22 nitrogen and oxygen atoms in total. The Kier molecular flexibility index (Phi) is 14.4. The van der Waals surface area contributed by atoms with Gasteiger partial charge in [0.25, 0.3) is 0 Å². The van der Waals surface area contributed by atoms with Crippen molar-refractivity contribution in [3.8, 4) is 91.2 Å². The number of benzene rings is 4. The quantitative estimate of drug-likeness (QED) is 0.127. The summed E-state index contributed by atoms with van der Waals surface area (Å²) in [5.74, 6) is -4.56. The third kappa shape index (κ3) is 8.07. The summed E-state index contributed by atoms with van der Waals surface area (Å²) in [7, 11) is 17.2. The van der Waals surface area contributed by atoms with Crippen molar-refractivity contribution >= 4 is 23.9 Å². The molecular formula is C47H50O22. The lowest BCUT2D eigenvalue weighted by Gasteiger charge is -2.44. The van der Waals surface area contributed by atoms with Crippen molar-refractivity contribution in [2.24, 2.45) is 0 Å². The summed E-state index contributed by atoms with van der Waals surface area (Å²) >= 11 is 0. The molecule has 4 aromatic rings. The smallest absolute Gasteiger partial charge is 0.339 e. The molecule has 69 heavy (non-hydrogen) atoms. The molecule has 5 atom stereocenters. The maximum atomic E-state index is 15.2. The molecule has 3 heterocycles. The predicted molar refractivity (Wildman–Crippen MR) is 236 cm³/mol. The number of hydrogen-bond acceptors (Lipinski definition) is 22. The van der Waals surface area contributed by atoms with E-state index >= 15 is 9.59 Å². The number of carbonyl (C=O) groups excluding carboxylic acids is 4. The van der Waals surface area contributed by atoms with Crippen LogP contribution in [-0.2, 0) is 28.4 Å². The van der Waals surface area contributed by atoms with Crippen LogP contribution < -0.4 is 56.8 Å². The average molecular weight is 967 g/mol. The Labute approximate surface area is 395 Å². The fraction of sp³-hybridized carbons (Fsp3) is 0.404. The van der Waals surface area contributed by atoms with Gasteiger partial charge in [-0.25, -0.2) is 19.2 Å². The Morgan fingerprint density at radius 3 is 0.942 bits per heavy atom. The van der Waals surface area contributed by atoms with Crippen molar-refractivity contribution in [3.63, 3.8) is 0 Å². The SMILES string of the molecule is COc1cc2c(c(OC)c1OC)-c1c(cc(OC)c(OC)c1OC)C(=O)O[C@H]1[C@@H]3OC(=O)c4cc(OC)c(OC)c(OC)c4-c4c(cc(OC)c(OC)c4OC)C(=O)O[C@H]3[C@@H](OC)O[C@@H]1COC2=O. The van der Waals surface area contributed by atoms with E-state index in [2.05, 4.69) is 0 Å². The molecule has 0 saturated carbocycles. The molecule has 0 bridgehead atoms. The van der Waals surface area contributed by atoms with Crippen molar-refractivity contribution in [2.45, 2.75) is 30.7 Å². The molecule has 0 amide bonds. The molecule has 370 valence electrons. The number of cyclic esters (lactones) is 1. The van der Waals surface area contributed by atoms with E-state index in [1.165, 1.54) is 117 Å². The summed E-state index contributed by atoms with van der Waals surface area (Å²) in [6.45, 7) is -0.686. The Morgan fingerprint density at radius 2 is 0.652 bits per heavy atom. The zero-order chi connectivity index (χ0) is 50.0. The molecule has 0 unspecified atom stereocenters. The molecule has 4 aromatic carbocycles. The van der Waals surface area contributed by atoms with Crippen LogP contribution in [0.5, 0.6) is 69.0 Å². The third-order valence-corrected chi connectivity index (χ3v) is 11.6. The van der Waals surface area contributed by atoms with Crippen molar-refractivity contribution in [2.75, 3.05) is 99.0 Å². The van der Waals surface area contributed by atoms with Gasteiger partial charge in [0.2, 0.25) is 23.0 Å². The highest BCUT2D eigenvalue weighted by Gasteiger charge is 2.55. The topological polar surface area (TPSA) is 234 Å².